The molecule has 1 aliphatic carbocycles. The summed E-state index contributed by atoms with van der Waals surface area (Å²) in [6, 6.07) is 15.5. The average molecular weight is 477 g/mol. The fraction of sp³-hybridized carbons (Fsp3) is 0.478. The van der Waals surface area contributed by atoms with Gasteiger partial charge in [-0.3, -0.25) is 9.80 Å². The molecule has 0 spiro atoms. The predicted molar refractivity (Wildman–Crippen MR) is 121 cm³/mol. The highest BCUT2D eigenvalue weighted by Crippen LogP contribution is 2.55. The molecule has 0 radical (unpaired) electrons. The first kappa shape index (κ1) is 25.9. The number of nitrogens with zero attached hydrogens (tertiary/aromatic N) is 2. The van der Waals surface area contributed by atoms with Crippen LogP contribution in [0.25, 0.3) is 0 Å². The number of hydrogen-bond acceptors (Lipinski definition) is 3. The maximum atomic E-state index is 14.6. The molecule has 4 rings (SSSR count). The number of alkyl halides is 3. The molecule has 1 aliphatic heterocycles. The molecule has 172 valence electrons. The largest absolute Gasteiger partial charge is 0.402 e. The molecule has 1 saturated heterocycles. The number of piperazine rings is 1. The molecular formula is C23H29Cl2F3N2O. The molecule has 2 aliphatic rings. The molecule has 0 bridgehead atoms. The summed E-state index contributed by atoms with van der Waals surface area (Å²) in [5.41, 5.74) is -0.436. The van der Waals surface area contributed by atoms with Crippen LogP contribution in [0.1, 0.15) is 35.6 Å². The Bertz CT molecular complexity index is 829. The molecule has 0 unspecified atom stereocenters. The van der Waals surface area contributed by atoms with E-state index in [0.29, 0.717) is 24.1 Å². The van der Waals surface area contributed by atoms with E-state index in [1.165, 1.54) is 0 Å². The van der Waals surface area contributed by atoms with Crippen molar-refractivity contribution in [1.29, 1.82) is 0 Å². The minimum atomic E-state index is -4.37. The van der Waals surface area contributed by atoms with Crippen molar-refractivity contribution < 1.29 is 18.3 Å². The van der Waals surface area contributed by atoms with Crippen molar-refractivity contribution in [3.8, 4) is 0 Å². The SMILES string of the molecule is Cl.Cl.OCCN1CCN([C@H]2CC[C@@](c3ccccc3)(C(F)(F)F)c3ccccc32)CC1. The van der Waals surface area contributed by atoms with E-state index in [2.05, 4.69) is 9.80 Å². The number of fused-ring (bicyclic) bond motifs is 1. The van der Waals surface area contributed by atoms with Gasteiger partial charge in [0.25, 0.3) is 0 Å². The normalized spacial score (nSPS) is 24.6. The number of halogens is 5. The van der Waals surface area contributed by atoms with Crippen molar-refractivity contribution in [2.45, 2.75) is 30.5 Å². The Labute approximate surface area is 194 Å². The highest BCUT2D eigenvalue weighted by Gasteiger charge is 2.59. The molecule has 2 aromatic carbocycles. The number of aliphatic hydroxyl groups excluding tert-OH is 1. The second kappa shape index (κ2) is 10.5. The molecule has 31 heavy (non-hydrogen) atoms. The van der Waals surface area contributed by atoms with Crippen molar-refractivity contribution in [2.75, 3.05) is 39.3 Å². The average Bonchev–Trinajstić information content (AvgIpc) is 2.74. The Kier molecular flexibility index (Phi) is 8.82. The van der Waals surface area contributed by atoms with E-state index >= 15 is 0 Å². The van der Waals surface area contributed by atoms with Crippen LogP contribution in [0.15, 0.2) is 54.6 Å². The lowest BCUT2D eigenvalue weighted by Gasteiger charge is -2.47. The summed E-state index contributed by atoms with van der Waals surface area (Å²) in [4.78, 5) is 4.52. The molecule has 1 fully saturated rings. The molecule has 0 aromatic heterocycles. The topological polar surface area (TPSA) is 26.7 Å². The molecule has 1 N–H and O–H groups in total. The minimum Gasteiger partial charge on any atom is -0.395 e. The van der Waals surface area contributed by atoms with E-state index in [9.17, 15) is 13.2 Å². The molecule has 1 heterocycles. The lowest BCUT2D eigenvalue weighted by molar-refractivity contribution is -0.183. The number of rotatable bonds is 4. The lowest BCUT2D eigenvalue weighted by Crippen LogP contribution is -2.52. The maximum Gasteiger partial charge on any atom is 0.402 e. The molecule has 0 saturated carbocycles. The molecular weight excluding hydrogens is 448 g/mol. The number of β-amino-alcohol motifs (C(OH)–C–C–N with tert-alkyl or cyclic N) is 1. The first-order valence-corrected chi connectivity index (χ1v) is 10.3. The second-order valence-corrected chi connectivity index (χ2v) is 8.01. The Morgan fingerprint density at radius 1 is 0.903 bits per heavy atom. The van der Waals surface area contributed by atoms with Crippen molar-refractivity contribution in [1.82, 2.24) is 9.80 Å². The summed E-state index contributed by atoms with van der Waals surface area (Å²) < 4.78 is 43.9. The third kappa shape index (κ3) is 4.74. The van der Waals surface area contributed by atoms with Crippen LogP contribution >= 0.6 is 24.8 Å². The summed E-state index contributed by atoms with van der Waals surface area (Å²) in [7, 11) is 0. The van der Waals surface area contributed by atoms with Crippen LogP contribution in [-0.4, -0.2) is 60.4 Å². The van der Waals surface area contributed by atoms with Crippen LogP contribution < -0.4 is 0 Å². The van der Waals surface area contributed by atoms with Gasteiger partial charge in [0.15, 0.2) is 0 Å². The zero-order valence-corrected chi connectivity index (χ0v) is 18.9. The summed E-state index contributed by atoms with van der Waals surface area (Å²) >= 11 is 0. The van der Waals surface area contributed by atoms with Gasteiger partial charge in [0.1, 0.15) is 5.41 Å². The lowest BCUT2D eigenvalue weighted by atomic mass is 9.64. The van der Waals surface area contributed by atoms with Crippen molar-refractivity contribution in [2.24, 2.45) is 0 Å². The third-order valence-corrected chi connectivity index (χ3v) is 6.59. The van der Waals surface area contributed by atoms with Gasteiger partial charge >= 0.3 is 6.18 Å². The van der Waals surface area contributed by atoms with Gasteiger partial charge in [0.2, 0.25) is 0 Å². The van der Waals surface area contributed by atoms with Crippen LogP contribution in [0.5, 0.6) is 0 Å². The molecule has 2 atom stereocenters. The van der Waals surface area contributed by atoms with E-state index in [-0.39, 0.29) is 43.9 Å². The van der Waals surface area contributed by atoms with Gasteiger partial charge in [0, 0.05) is 38.8 Å². The Morgan fingerprint density at radius 2 is 1.52 bits per heavy atom. The molecule has 0 amide bonds. The quantitative estimate of drug-likeness (QED) is 0.684. The fourth-order valence-electron chi connectivity index (χ4n) is 5.12. The van der Waals surface area contributed by atoms with Gasteiger partial charge in [-0.25, -0.2) is 0 Å². The highest BCUT2D eigenvalue weighted by atomic mass is 35.5. The van der Waals surface area contributed by atoms with Crippen molar-refractivity contribution >= 4 is 24.8 Å². The van der Waals surface area contributed by atoms with E-state index < -0.39 is 11.6 Å². The van der Waals surface area contributed by atoms with Gasteiger partial charge in [-0.2, -0.15) is 13.2 Å². The van der Waals surface area contributed by atoms with Crippen LogP contribution in [-0.2, 0) is 5.41 Å². The van der Waals surface area contributed by atoms with Crippen LogP contribution in [0.2, 0.25) is 0 Å². The zero-order chi connectivity index (χ0) is 20.5. The van der Waals surface area contributed by atoms with Gasteiger partial charge in [-0.15, -0.1) is 24.8 Å². The molecule has 8 heteroatoms. The van der Waals surface area contributed by atoms with E-state index in [1.807, 2.05) is 12.1 Å². The predicted octanol–water partition coefficient (Wildman–Crippen LogP) is 4.82. The van der Waals surface area contributed by atoms with Gasteiger partial charge in [0.05, 0.1) is 6.61 Å². The Hall–Kier alpha value is -1.31. The highest BCUT2D eigenvalue weighted by molar-refractivity contribution is 5.85. The van der Waals surface area contributed by atoms with Crippen molar-refractivity contribution in [3.63, 3.8) is 0 Å². The van der Waals surface area contributed by atoms with E-state index in [1.54, 1.807) is 42.5 Å². The first-order valence-electron chi connectivity index (χ1n) is 10.3. The first-order chi connectivity index (χ1) is 14.0. The standard InChI is InChI=1S/C23H27F3N2O.2ClH/c24-23(25,26)22(18-6-2-1-3-7-18)11-10-21(19-8-4-5-9-20(19)22)28-14-12-27(13-15-28)16-17-29;;/h1-9,21,29H,10-17H2;2*1H/t21-,22-;;/m0../s1. The smallest absolute Gasteiger partial charge is 0.395 e. The summed E-state index contributed by atoms with van der Waals surface area (Å²) in [5, 5.41) is 9.14. The summed E-state index contributed by atoms with van der Waals surface area (Å²) in [5.74, 6) is 0. The van der Waals surface area contributed by atoms with Crippen LogP contribution in [0.3, 0.4) is 0 Å². The Morgan fingerprint density at radius 3 is 2.13 bits per heavy atom. The van der Waals surface area contributed by atoms with Crippen LogP contribution in [0, 0.1) is 0 Å². The van der Waals surface area contributed by atoms with Gasteiger partial charge in [-0.05, 0) is 29.5 Å². The van der Waals surface area contributed by atoms with E-state index in [4.69, 9.17) is 5.11 Å². The summed E-state index contributed by atoms with van der Waals surface area (Å²) in [6.07, 6.45) is -3.83. The van der Waals surface area contributed by atoms with Crippen molar-refractivity contribution in [3.05, 3.63) is 71.3 Å². The fourth-order valence-corrected chi connectivity index (χ4v) is 5.12. The molecule has 2 aromatic rings. The number of hydrogen-bond donors (Lipinski definition) is 1. The third-order valence-electron chi connectivity index (χ3n) is 6.59. The van der Waals surface area contributed by atoms with Crippen LogP contribution in [0.4, 0.5) is 13.2 Å². The second-order valence-electron chi connectivity index (χ2n) is 8.01. The maximum absolute atomic E-state index is 14.6. The number of aliphatic hydroxyl groups is 1. The van der Waals surface area contributed by atoms with Gasteiger partial charge in [-0.1, -0.05) is 54.6 Å². The molecule has 3 nitrogen and oxygen atoms in total. The minimum absolute atomic E-state index is 0. The summed E-state index contributed by atoms with van der Waals surface area (Å²) in [6.45, 7) is 4.08. The number of benzene rings is 2. The van der Waals surface area contributed by atoms with Gasteiger partial charge < -0.3 is 5.11 Å². The Balaban J connectivity index is 0.00000171. The van der Waals surface area contributed by atoms with E-state index in [0.717, 1.165) is 31.7 Å². The zero-order valence-electron chi connectivity index (χ0n) is 17.2. The monoisotopic (exact) mass is 476 g/mol.